The molecule has 0 aliphatic heterocycles. The molecule has 0 aliphatic carbocycles. The van der Waals surface area contributed by atoms with Crippen molar-refractivity contribution in [1.29, 1.82) is 0 Å². The number of nitrogens with zero attached hydrogens (tertiary/aromatic N) is 3. The third kappa shape index (κ3) is 4.88. The van der Waals surface area contributed by atoms with Crippen LogP contribution >= 0.6 is 0 Å². The Labute approximate surface area is 208 Å². The van der Waals surface area contributed by atoms with Crippen LogP contribution in [0.5, 0.6) is 11.5 Å². The molecule has 2 N–H and O–H groups in total. The van der Waals surface area contributed by atoms with E-state index in [1.54, 1.807) is 56.6 Å². The summed E-state index contributed by atoms with van der Waals surface area (Å²) in [6.45, 7) is 1.93. The van der Waals surface area contributed by atoms with Crippen molar-refractivity contribution in [3.05, 3.63) is 89.5 Å². The van der Waals surface area contributed by atoms with Crippen LogP contribution in [-0.4, -0.2) is 43.0 Å². The molecule has 0 radical (unpaired) electrons. The number of aromatic hydroxyl groups is 1. The number of fused-ring (bicyclic) bond motifs is 1. The van der Waals surface area contributed by atoms with Gasteiger partial charge in [-0.15, -0.1) is 10.2 Å². The van der Waals surface area contributed by atoms with Gasteiger partial charge in [0.15, 0.2) is 5.75 Å². The molecule has 4 rings (SSSR count). The molecule has 0 aliphatic rings. The first-order valence-corrected chi connectivity index (χ1v) is 11.2. The highest BCUT2D eigenvalue weighted by Crippen LogP contribution is 2.41. The molecule has 4 aromatic rings. The zero-order valence-corrected chi connectivity index (χ0v) is 20.4. The molecule has 0 saturated heterocycles. The van der Waals surface area contributed by atoms with E-state index in [1.165, 1.54) is 12.0 Å². The average molecular weight is 483 g/mol. The van der Waals surface area contributed by atoms with Crippen LogP contribution in [-0.2, 0) is 0 Å². The summed E-state index contributed by atoms with van der Waals surface area (Å²) in [6, 6.07) is 21.2. The lowest BCUT2D eigenvalue weighted by molar-refractivity contribution is 0.0827. The predicted octanol–water partition coefficient (Wildman–Crippen LogP) is 6.23. The second kappa shape index (κ2) is 10.3. The van der Waals surface area contributed by atoms with Crippen molar-refractivity contribution in [2.24, 2.45) is 10.2 Å². The molecule has 0 heterocycles. The second-order valence-corrected chi connectivity index (χ2v) is 8.42. The summed E-state index contributed by atoms with van der Waals surface area (Å²) in [5.41, 5.74) is 2.27. The van der Waals surface area contributed by atoms with Crippen LogP contribution < -0.4 is 10.1 Å². The van der Waals surface area contributed by atoms with Crippen LogP contribution in [0.15, 0.2) is 83.0 Å². The quantitative estimate of drug-likeness (QED) is 0.318. The molecule has 8 nitrogen and oxygen atoms in total. The van der Waals surface area contributed by atoms with E-state index < -0.39 is 5.91 Å². The number of amides is 2. The van der Waals surface area contributed by atoms with Gasteiger partial charge in [0.25, 0.3) is 11.8 Å². The van der Waals surface area contributed by atoms with Gasteiger partial charge >= 0.3 is 0 Å². The summed E-state index contributed by atoms with van der Waals surface area (Å²) in [5, 5.41) is 23.9. The van der Waals surface area contributed by atoms with Gasteiger partial charge in [-0.25, -0.2) is 0 Å². The standard InChI is InChI=1S/C28H26N4O4/c1-17-9-7-11-19(15-17)29-27(34)22-16-18-10-5-6-12-20(18)25(26(22)33)31-30-24-21(28(35)32(2)3)13-8-14-23(24)36-4/h5-16,33H,1-4H3,(H,29,34). The van der Waals surface area contributed by atoms with Gasteiger partial charge in [-0.3, -0.25) is 9.59 Å². The second-order valence-electron chi connectivity index (χ2n) is 8.42. The average Bonchev–Trinajstić information content (AvgIpc) is 2.87. The van der Waals surface area contributed by atoms with Crippen LogP contribution in [0.25, 0.3) is 10.8 Å². The Hall–Kier alpha value is -4.72. The number of carbonyl (C=O) groups excluding carboxylic acids is 2. The van der Waals surface area contributed by atoms with Gasteiger partial charge in [0.05, 0.1) is 18.2 Å². The third-order valence-corrected chi connectivity index (χ3v) is 5.62. The number of hydrogen-bond acceptors (Lipinski definition) is 6. The number of rotatable bonds is 6. The van der Waals surface area contributed by atoms with E-state index in [1.807, 2.05) is 37.3 Å². The Balaban J connectivity index is 1.83. The third-order valence-electron chi connectivity index (χ3n) is 5.62. The fourth-order valence-electron chi connectivity index (χ4n) is 3.82. The monoisotopic (exact) mass is 482 g/mol. The van der Waals surface area contributed by atoms with Crippen LogP contribution in [0.4, 0.5) is 17.1 Å². The lowest BCUT2D eigenvalue weighted by atomic mass is 10.0. The Bertz CT molecular complexity index is 1490. The molecule has 8 heteroatoms. The maximum Gasteiger partial charge on any atom is 0.259 e. The Morgan fingerprint density at radius 3 is 2.33 bits per heavy atom. The highest BCUT2D eigenvalue weighted by molar-refractivity contribution is 6.11. The van der Waals surface area contributed by atoms with Crippen molar-refractivity contribution < 1.29 is 19.4 Å². The zero-order valence-electron chi connectivity index (χ0n) is 20.4. The molecule has 0 unspecified atom stereocenters. The summed E-state index contributed by atoms with van der Waals surface area (Å²) in [4.78, 5) is 27.3. The van der Waals surface area contributed by atoms with Gasteiger partial charge in [-0.2, -0.15) is 0 Å². The van der Waals surface area contributed by atoms with E-state index in [9.17, 15) is 14.7 Å². The Morgan fingerprint density at radius 1 is 0.889 bits per heavy atom. The fourth-order valence-corrected chi connectivity index (χ4v) is 3.82. The number of nitrogens with one attached hydrogen (secondary N) is 1. The van der Waals surface area contributed by atoms with Crippen LogP contribution in [0, 0.1) is 6.92 Å². The number of hydrogen-bond donors (Lipinski definition) is 2. The molecular formula is C28H26N4O4. The van der Waals surface area contributed by atoms with E-state index in [-0.39, 0.29) is 28.6 Å². The van der Waals surface area contributed by atoms with E-state index in [0.717, 1.165) is 5.56 Å². The van der Waals surface area contributed by atoms with Crippen molar-refractivity contribution in [2.45, 2.75) is 6.92 Å². The highest BCUT2D eigenvalue weighted by Gasteiger charge is 2.20. The van der Waals surface area contributed by atoms with Gasteiger partial charge in [-0.05, 0) is 48.2 Å². The van der Waals surface area contributed by atoms with E-state index in [0.29, 0.717) is 27.8 Å². The number of phenolic OH excluding ortho intramolecular Hbond substituents is 1. The molecule has 0 spiro atoms. The number of azo groups is 1. The van der Waals surface area contributed by atoms with Gasteiger partial charge < -0.3 is 20.1 Å². The Morgan fingerprint density at radius 2 is 1.61 bits per heavy atom. The first kappa shape index (κ1) is 24.4. The van der Waals surface area contributed by atoms with E-state index >= 15 is 0 Å². The van der Waals surface area contributed by atoms with Gasteiger partial charge in [0.2, 0.25) is 0 Å². The summed E-state index contributed by atoms with van der Waals surface area (Å²) >= 11 is 0. The van der Waals surface area contributed by atoms with Crippen LogP contribution in [0.2, 0.25) is 0 Å². The number of aryl methyl sites for hydroxylation is 1. The van der Waals surface area contributed by atoms with Gasteiger partial charge in [0.1, 0.15) is 17.1 Å². The van der Waals surface area contributed by atoms with Crippen LogP contribution in [0.3, 0.4) is 0 Å². The molecule has 0 bridgehead atoms. The molecule has 36 heavy (non-hydrogen) atoms. The van der Waals surface area contributed by atoms with Gasteiger partial charge in [0, 0.05) is 25.2 Å². The smallest absolute Gasteiger partial charge is 0.259 e. The summed E-state index contributed by atoms with van der Waals surface area (Å²) in [5.74, 6) is -0.731. The lowest BCUT2D eigenvalue weighted by Crippen LogP contribution is -2.21. The number of anilines is 1. The van der Waals surface area contributed by atoms with Crippen molar-refractivity contribution in [3.8, 4) is 11.5 Å². The summed E-state index contributed by atoms with van der Waals surface area (Å²) in [6.07, 6.45) is 0. The number of benzene rings is 4. The maximum atomic E-state index is 13.1. The summed E-state index contributed by atoms with van der Waals surface area (Å²) in [7, 11) is 4.75. The maximum absolute atomic E-state index is 13.1. The lowest BCUT2D eigenvalue weighted by Gasteiger charge is -2.14. The van der Waals surface area contributed by atoms with Crippen molar-refractivity contribution in [1.82, 2.24) is 4.90 Å². The van der Waals surface area contributed by atoms with Crippen LogP contribution in [0.1, 0.15) is 26.3 Å². The van der Waals surface area contributed by atoms with Gasteiger partial charge in [-0.1, -0.05) is 42.5 Å². The largest absolute Gasteiger partial charge is 0.505 e. The molecule has 0 saturated carbocycles. The first-order valence-electron chi connectivity index (χ1n) is 11.2. The molecular weight excluding hydrogens is 456 g/mol. The molecule has 182 valence electrons. The van der Waals surface area contributed by atoms with E-state index in [2.05, 4.69) is 15.5 Å². The van der Waals surface area contributed by atoms with Crippen molar-refractivity contribution in [3.63, 3.8) is 0 Å². The number of carbonyl (C=O) groups is 2. The molecule has 0 atom stereocenters. The molecule has 0 aromatic heterocycles. The number of ether oxygens (including phenoxy) is 1. The molecule has 2 amide bonds. The first-order chi connectivity index (χ1) is 17.3. The normalized spacial score (nSPS) is 11.0. The summed E-state index contributed by atoms with van der Waals surface area (Å²) < 4.78 is 5.41. The van der Waals surface area contributed by atoms with E-state index in [4.69, 9.17) is 4.74 Å². The number of methoxy groups -OCH3 is 1. The highest BCUT2D eigenvalue weighted by atomic mass is 16.5. The van der Waals surface area contributed by atoms with Crippen molar-refractivity contribution >= 4 is 39.6 Å². The molecule has 4 aromatic carbocycles. The Kier molecular flexibility index (Phi) is 6.96. The minimum absolute atomic E-state index is 0.0498. The number of phenols is 1. The topological polar surface area (TPSA) is 104 Å². The minimum atomic E-state index is -0.485. The van der Waals surface area contributed by atoms with Crippen molar-refractivity contribution in [2.75, 3.05) is 26.5 Å². The zero-order chi connectivity index (χ0) is 25.8. The predicted molar refractivity (Wildman–Crippen MR) is 140 cm³/mol. The fraction of sp³-hybridized carbons (Fsp3) is 0.143. The minimum Gasteiger partial charge on any atom is -0.505 e. The SMILES string of the molecule is COc1cccc(C(=O)N(C)C)c1N=Nc1c(O)c(C(=O)Nc2cccc(C)c2)cc2ccccc12. The molecule has 0 fully saturated rings.